The Morgan fingerprint density at radius 2 is 2.17 bits per heavy atom. The number of hydrogen-bond acceptors (Lipinski definition) is 5. The van der Waals surface area contributed by atoms with E-state index in [1.807, 2.05) is 23.1 Å². The summed E-state index contributed by atoms with van der Waals surface area (Å²) in [7, 11) is 0. The molecule has 3 aliphatic rings. The number of amidine groups is 1. The van der Waals surface area contributed by atoms with Crippen molar-refractivity contribution in [2.75, 3.05) is 32.8 Å². The summed E-state index contributed by atoms with van der Waals surface area (Å²) in [6.45, 7) is 3.63. The molecule has 4 rings (SSSR count). The van der Waals surface area contributed by atoms with E-state index >= 15 is 0 Å². The number of aliphatic imine (C=N–C) groups is 1. The molecule has 23 heavy (non-hydrogen) atoms. The lowest BCUT2D eigenvalue weighted by Crippen LogP contribution is -2.42. The molecule has 1 fully saturated rings. The standard InChI is InChI=1S/C17H19N3O2S/c21-16(10-14-12-23-17-18-6-7-20(14)17)19-8-9-22-15(11-19)13-4-2-1-3-5-13/h1-5,12,15H,6-11H2/t15-/m1/s1. The van der Waals surface area contributed by atoms with Gasteiger partial charge in [0, 0.05) is 18.8 Å². The van der Waals surface area contributed by atoms with Crippen molar-refractivity contribution in [3.05, 3.63) is 47.0 Å². The zero-order chi connectivity index (χ0) is 15.6. The van der Waals surface area contributed by atoms with Crippen LogP contribution >= 0.6 is 11.8 Å². The van der Waals surface area contributed by atoms with Crippen LogP contribution < -0.4 is 0 Å². The molecule has 3 aliphatic heterocycles. The van der Waals surface area contributed by atoms with E-state index in [2.05, 4.69) is 27.4 Å². The van der Waals surface area contributed by atoms with Crippen LogP contribution in [0.25, 0.3) is 0 Å². The van der Waals surface area contributed by atoms with Crippen molar-refractivity contribution in [2.45, 2.75) is 12.5 Å². The number of benzene rings is 1. The minimum absolute atomic E-state index is 0.0234. The largest absolute Gasteiger partial charge is 0.370 e. The molecule has 1 saturated heterocycles. The van der Waals surface area contributed by atoms with Crippen molar-refractivity contribution in [1.82, 2.24) is 9.80 Å². The van der Waals surface area contributed by atoms with Gasteiger partial charge < -0.3 is 14.5 Å². The number of amides is 1. The summed E-state index contributed by atoms with van der Waals surface area (Å²) >= 11 is 1.63. The molecule has 0 bridgehead atoms. The van der Waals surface area contributed by atoms with Crippen LogP contribution in [-0.2, 0) is 9.53 Å². The third-order valence-electron chi connectivity index (χ3n) is 4.37. The number of morpholine rings is 1. The molecule has 0 N–H and O–H groups in total. The Labute approximate surface area is 140 Å². The maximum Gasteiger partial charge on any atom is 0.228 e. The first-order chi connectivity index (χ1) is 11.3. The maximum absolute atomic E-state index is 12.7. The average molecular weight is 329 g/mol. The van der Waals surface area contributed by atoms with Gasteiger partial charge in [0.1, 0.15) is 6.10 Å². The molecule has 1 atom stereocenters. The van der Waals surface area contributed by atoms with E-state index in [0.717, 1.165) is 29.5 Å². The van der Waals surface area contributed by atoms with Gasteiger partial charge in [0.15, 0.2) is 5.17 Å². The highest BCUT2D eigenvalue weighted by molar-refractivity contribution is 8.16. The molecule has 0 aliphatic carbocycles. The number of fused-ring (bicyclic) bond motifs is 1. The van der Waals surface area contributed by atoms with Crippen LogP contribution in [0.15, 0.2) is 46.4 Å². The van der Waals surface area contributed by atoms with Gasteiger partial charge in [0.25, 0.3) is 0 Å². The summed E-state index contributed by atoms with van der Waals surface area (Å²) in [5.74, 6) is 0.175. The van der Waals surface area contributed by atoms with Crippen LogP contribution in [0.1, 0.15) is 18.1 Å². The van der Waals surface area contributed by atoms with Crippen molar-refractivity contribution in [3.8, 4) is 0 Å². The zero-order valence-corrected chi connectivity index (χ0v) is 13.7. The average Bonchev–Trinajstić information content (AvgIpc) is 3.21. The summed E-state index contributed by atoms with van der Waals surface area (Å²) in [6.07, 6.45) is 0.429. The van der Waals surface area contributed by atoms with Crippen LogP contribution in [0.4, 0.5) is 0 Å². The molecule has 0 saturated carbocycles. The van der Waals surface area contributed by atoms with E-state index in [1.54, 1.807) is 11.8 Å². The van der Waals surface area contributed by atoms with E-state index in [0.29, 0.717) is 26.1 Å². The van der Waals surface area contributed by atoms with Gasteiger partial charge >= 0.3 is 0 Å². The zero-order valence-electron chi connectivity index (χ0n) is 12.9. The molecular weight excluding hydrogens is 310 g/mol. The molecule has 1 amide bonds. The lowest BCUT2D eigenvalue weighted by molar-refractivity contribution is -0.138. The topological polar surface area (TPSA) is 45.1 Å². The summed E-state index contributed by atoms with van der Waals surface area (Å²) in [6, 6.07) is 10.1. The number of nitrogens with zero attached hydrogens (tertiary/aromatic N) is 3. The predicted molar refractivity (Wildman–Crippen MR) is 91.0 cm³/mol. The fourth-order valence-electron chi connectivity index (χ4n) is 3.13. The second-order valence-corrected chi connectivity index (χ2v) is 6.67. The molecule has 0 aromatic heterocycles. The first kappa shape index (κ1) is 14.8. The summed E-state index contributed by atoms with van der Waals surface area (Å²) in [5, 5.41) is 3.10. The van der Waals surface area contributed by atoms with Gasteiger partial charge in [-0.25, -0.2) is 0 Å². The van der Waals surface area contributed by atoms with Crippen LogP contribution in [0.3, 0.4) is 0 Å². The maximum atomic E-state index is 12.7. The van der Waals surface area contributed by atoms with Crippen LogP contribution in [0.2, 0.25) is 0 Å². The fourth-order valence-corrected chi connectivity index (χ4v) is 4.08. The second-order valence-electron chi connectivity index (χ2n) is 5.83. The summed E-state index contributed by atoms with van der Waals surface area (Å²) in [5.41, 5.74) is 2.22. The van der Waals surface area contributed by atoms with E-state index < -0.39 is 0 Å². The lowest BCUT2D eigenvalue weighted by atomic mass is 10.1. The van der Waals surface area contributed by atoms with Gasteiger partial charge in [-0.1, -0.05) is 42.1 Å². The molecule has 1 aromatic rings. The molecule has 0 unspecified atom stereocenters. The Morgan fingerprint density at radius 3 is 3.04 bits per heavy atom. The van der Waals surface area contributed by atoms with E-state index in [9.17, 15) is 4.79 Å². The van der Waals surface area contributed by atoms with E-state index in [1.165, 1.54) is 0 Å². The Bertz CT molecular complexity index is 659. The minimum atomic E-state index is -0.0234. The van der Waals surface area contributed by atoms with Gasteiger partial charge in [-0.05, 0) is 11.0 Å². The monoisotopic (exact) mass is 329 g/mol. The van der Waals surface area contributed by atoms with Crippen molar-refractivity contribution >= 4 is 22.8 Å². The normalized spacial score (nSPS) is 23.6. The molecule has 3 heterocycles. The van der Waals surface area contributed by atoms with Gasteiger partial charge in [-0.2, -0.15) is 0 Å². The Balaban J connectivity index is 1.40. The highest BCUT2D eigenvalue weighted by Gasteiger charge is 2.30. The molecular formula is C17H19N3O2S. The SMILES string of the molecule is O=C(CC1=CSC2=NCCN12)N1CCO[C@@H](c2ccccc2)C1. The van der Waals surface area contributed by atoms with E-state index in [4.69, 9.17) is 4.74 Å². The van der Waals surface area contributed by atoms with Crippen LogP contribution in [0.5, 0.6) is 0 Å². The number of rotatable bonds is 3. The first-order valence-corrected chi connectivity index (χ1v) is 8.81. The first-order valence-electron chi connectivity index (χ1n) is 7.93. The van der Waals surface area contributed by atoms with Crippen molar-refractivity contribution in [1.29, 1.82) is 0 Å². The van der Waals surface area contributed by atoms with Gasteiger partial charge in [-0.3, -0.25) is 9.79 Å². The van der Waals surface area contributed by atoms with Gasteiger partial charge in [-0.15, -0.1) is 0 Å². The lowest BCUT2D eigenvalue weighted by Gasteiger charge is -2.33. The highest BCUT2D eigenvalue weighted by Crippen LogP contribution is 2.31. The minimum Gasteiger partial charge on any atom is -0.370 e. The van der Waals surface area contributed by atoms with Crippen molar-refractivity contribution < 1.29 is 9.53 Å². The fraction of sp³-hybridized carbons (Fsp3) is 0.412. The predicted octanol–water partition coefficient (Wildman–Crippen LogP) is 2.24. The Kier molecular flexibility index (Phi) is 4.10. The third kappa shape index (κ3) is 3.01. The second kappa shape index (κ2) is 6.37. The van der Waals surface area contributed by atoms with Crippen molar-refractivity contribution in [2.24, 2.45) is 4.99 Å². The van der Waals surface area contributed by atoms with Crippen LogP contribution in [-0.4, -0.2) is 53.7 Å². The number of thioether (sulfide) groups is 1. The summed E-state index contributed by atoms with van der Waals surface area (Å²) in [4.78, 5) is 21.2. The number of ether oxygens (including phenoxy) is 1. The molecule has 0 radical (unpaired) electrons. The Hall–Kier alpha value is -1.79. The smallest absolute Gasteiger partial charge is 0.228 e. The van der Waals surface area contributed by atoms with E-state index in [-0.39, 0.29) is 12.0 Å². The molecule has 120 valence electrons. The molecule has 5 nitrogen and oxygen atoms in total. The molecule has 0 spiro atoms. The quantitative estimate of drug-likeness (QED) is 0.853. The molecule has 1 aromatic carbocycles. The number of carbonyl (C=O) groups excluding carboxylic acids is 1. The van der Waals surface area contributed by atoms with Gasteiger partial charge in [0.2, 0.25) is 5.91 Å². The number of hydrogen-bond donors (Lipinski definition) is 0. The summed E-state index contributed by atoms with van der Waals surface area (Å²) < 4.78 is 5.84. The van der Waals surface area contributed by atoms with Gasteiger partial charge in [0.05, 0.1) is 26.1 Å². The third-order valence-corrected chi connectivity index (χ3v) is 5.32. The van der Waals surface area contributed by atoms with Crippen LogP contribution in [0, 0.1) is 0 Å². The number of carbonyl (C=O) groups is 1. The molecule has 6 heteroatoms. The van der Waals surface area contributed by atoms with Crippen molar-refractivity contribution in [3.63, 3.8) is 0 Å². The Morgan fingerprint density at radius 1 is 1.30 bits per heavy atom. The highest BCUT2D eigenvalue weighted by atomic mass is 32.2.